The molecule has 1 aromatic rings. The molecule has 0 spiro atoms. The number of aromatic hydroxyl groups is 2. The van der Waals surface area contributed by atoms with Crippen LogP contribution < -0.4 is 16.0 Å². The van der Waals surface area contributed by atoms with Crippen molar-refractivity contribution in [1.82, 2.24) is 0 Å². The Morgan fingerprint density at radius 2 is 1.91 bits per heavy atom. The van der Waals surface area contributed by atoms with Crippen LogP contribution >= 0.6 is 0 Å². The molecule has 4 aliphatic heterocycles. The summed E-state index contributed by atoms with van der Waals surface area (Å²) in [5.41, 5.74) is 7.59. The normalized spacial score (nSPS) is 28.4. The van der Waals surface area contributed by atoms with Crippen molar-refractivity contribution in [2.24, 2.45) is 11.7 Å². The molecule has 2 unspecified atom stereocenters. The summed E-state index contributed by atoms with van der Waals surface area (Å²) in [6, 6.07) is 1.34. The van der Waals surface area contributed by atoms with Gasteiger partial charge in [-0.1, -0.05) is 36.8 Å². The predicted molar refractivity (Wildman–Crippen MR) is 161 cm³/mol. The molecule has 1 saturated heterocycles. The summed E-state index contributed by atoms with van der Waals surface area (Å²) in [5, 5.41) is 36.1. The van der Waals surface area contributed by atoms with Gasteiger partial charge in [-0.15, -0.1) is 0 Å². The lowest BCUT2D eigenvalue weighted by Crippen LogP contribution is -2.47. The highest BCUT2D eigenvalue weighted by atomic mass is 16.6. The summed E-state index contributed by atoms with van der Waals surface area (Å²) in [7, 11) is 2.95. The van der Waals surface area contributed by atoms with Crippen molar-refractivity contribution in [3.8, 4) is 11.5 Å². The number of nitrogens with one attached hydrogen (secondary N) is 1. The molecule has 43 heavy (non-hydrogen) atoms. The van der Waals surface area contributed by atoms with Crippen LogP contribution in [0.3, 0.4) is 0 Å². The van der Waals surface area contributed by atoms with E-state index in [4.69, 9.17) is 24.7 Å². The van der Waals surface area contributed by atoms with E-state index in [1.807, 2.05) is 18.7 Å². The van der Waals surface area contributed by atoms with E-state index in [-0.39, 0.29) is 34.3 Å². The lowest BCUT2D eigenvalue weighted by Gasteiger charge is -2.39. The number of phenolic OH excluding ortho intramolecular Hbond substituents is 2. The molecule has 4 heterocycles. The first-order chi connectivity index (χ1) is 20.4. The number of phenols is 2. The number of methoxy groups -OCH3 is 2. The van der Waals surface area contributed by atoms with E-state index in [9.17, 15) is 24.9 Å². The average molecular weight is 600 g/mol. The third-order valence-electron chi connectivity index (χ3n) is 7.98. The first-order valence-electron chi connectivity index (χ1n) is 14.2. The van der Waals surface area contributed by atoms with Crippen LogP contribution in [0.2, 0.25) is 0 Å². The Bertz CT molecular complexity index is 1350. The van der Waals surface area contributed by atoms with E-state index in [1.54, 1.807) is 38.3 Å². The molecule has 1 fully saturated rings. The molecule has 12 heteroatoms. The number of carbonyl (C=O) groups is 2. The van der Waals surface area contributed by atoms with Crippen molar-refractivity contribution in [2.75, 3.05) is 37.5 Å². The minimum absolute atomic E-state index is 0.0539. The maximum atomic E-state index is 13.1. The topological polar surface area (TPSA) is 173 Å². The average Bonchev–Trinajstić information content (AvgIpc) is 2.92. The number of fused-ring (bicyclic) bond motifs is 9. The molecule has 2 amide bonds. The number of allylic oxidation sites excluding steroid dienone is 2. The molecule has 4 aliphatic rings. The third kappa shape index (κ3) is 7.04. The number of anilines is 2. The number of rotatable bonds is 4. The van der Waals surface area contributed by atoms with Crippen molar-refractivity contribution in [1.29, 1.82) is 0 Å². The summed E-state index contributed by atoms with van der Waals surface area (Å²) in [6.45, 7) is 6.76. The van der Waals surface area contributed by atoms with Gasteiger partial charge in [0.1, 0.15) is 17.6 Å². The second kappa shape index (κ2) is 13.6. The van der Waals surface area contributed by atoms with Crippen molar-refractivity contribution >= 4 is 29.5 Å². The summed E-state index contributed by atoms with van der Waals surface area (Å²) in [6.07, 6.45) is 3.78. The van der Waals surface area contributed by atoms with E-state index in [2.05, 4.69) is 5.32 Å². The number of carbonyl (C=O) groups excluding carboxylic acids is 2. The van der Waals surface area contributed by atoms with Crippen LogP contribution in [0.15, 0.2) is 47.1 Å². The van der Waals surface area contributed by atoms with E-state index in [0.29, 0.717) is 17.7 Å². The van der Waals surface area contributed by atoms with Gasteiger partial charge in [-0.05, 0) is 32.8 Å². The SMILES string of the molecule is CO[C@H]1C=CC=C(C)C(=O)Nc2cc(O)c(N3CCC3)c(c2O)C=C(C)C[C@H](OC)[C@H]2OC(O)C(=CC2C)[C@@H]1OC(N)=O. The largest absolute Gasteiger partial charge is 0.506 e. The van der Waals surface area contributed by atoms with Gasteiger partial charge in [0, 0.05) is 56.0 Å². The van der Waals surface area contributed by atoms with Gasteiger partial charge in [-0.2, -0.15) is 0 Å². The molecular formula is C31H41N3O9. The van der Waals surface area contributed by atoms with Crippen molar-refractivity contribution < 1.29 is 43.9 Å². The van der Waals surface area contributed by atoms with Gasteiger partial charge in [-0.3, -0.25) is 4.79 Å². The van der Waals surface area contributed by atoms with Crippen molar-refractivity contribution in [2.45, 2.75) is 64.3 Å². The molecule has 12 nitrogen and oxygen atoms in total. The Kier molecular flexibility index (Phi) is 10.2. The number of hydrogen-bond acceptors (Lipinski definition) is 10. The number of nitrogens with zero attached hydrogens (tertiary/aromatic N) is 1. The minimum Gasteiger partial charge on any atom is -0.506 e. The van der Waals surface area contributed by atoms with Gasteiger partial charge in [0.25, 0.3) is 5.91 Å². The summed E-state index contributed by atoms with van der Waals surface area (Å²) >= 11 is 0. The van der Waals surface area contributed by atoms with Crippen LogP contribution in [-0.4, -0.2) is 85.3 Å². The zero-order valence-corrected chi connectivity index (χ0v) is 25.1. The Hall–Kier alpha value is -3.84. The fourth-order valence-corrected chi connectivity index (χ4v) is 5.58. The number of nitrogens with two attached hydrogens (primary N) is 1. The van der Waals surface area contributed by atoms with E-state index >= 15 is 0 Å². The lowest BCUT2D eigenvalue weighted by molar-refractivity contribution is -0.179. The Morgan fingerprint density at radius 3 is 2.51 bits per heavy atom. The molecule has 0 aromatic heterocycles. The molecule has 6 N–H and O–H groups in total. The summed E-state index contributed by atoms with van der Waals surface area (Å²) < 4.78 is 22.8. The third-order valence-corrected chi connectivity index (χ3v) is 7.98. The Labute approximate surface area is 251 Å². The highest BCUT2D eigenvalue weighted by Gasteiger charge is 2.40. The zero-order chi connectivity index (χ0) is 31.4. The molecule has 0 aliphatic carbocycles. The number of ether oxygens (including phenoxy) is 4. The van der Waals surface area contributed by atoms with E-state index < -0.39 is 42.7 Å². The number of benzene rings is 1. The van der Waals surface area contributed by atoms with Gasteiger partial charge in [0.15, 0.2) is 12.4 Å². The highest BCUT2D eigenvalue weighted by Crippen LogP contribution is 2.45. The quantitative estimate of drug-likeness (QED) is 0.196. The highest BCUT2D eigenvalue weighted by molar-refractivity contribution is 6.05. The van der Waals surface area contributed by atoms with Crippen LogP contribution in [0.25, 0.3) is 6.08 Å². The van der Waals surface area contributed by atoms with Crippen molar-refractivity contribution in [3.63, 3.8) is 0 Å². The summed E-state index contributed by atoms with van der Waals surface area (Å²) in [5.74, 6) is -1.06. The molecule has 234 valence electrons. The number of primary amides is 1. The van der Waals surface area contributed by atoms with E-state index in [1.165, 1.54) is 19.3 Å². The zero-order valence-electron chi connectivity index (χ0n) is 25.1. The van der Waals surface area contributed by atoms with Gasteiger partial charge in [0.05, 0.1) is 23.6 Å². The molecule has 6 atom stereocenters. The molecule has 1 aromatic carbocycles. The van der Waals surface area contributed by atoms with Crippen LogP contribution in [0, 0.1) is 5.92 Å². The van der Waals surface area contributed by atoms with Crippen molar-refractivity contribution in [3.05, 3.63) is 52.7 Å². The molecular weight excluding hydrogens is 558 g/mol. The second-order valence-electron chi connectivity index (χ2n) is 11.1. The molecule has 0 saturated carbocycles. The number of hydrogen-bond donors (Lipinski definition) is 5. The monoisotopic (exact) mass is 599 g/mol. The molecule has 0 radical (unpaired) electrons. The lowest BCUT2D eigenvalue weighted by atomic mass is 9.88. The predicted octanol–water partition coefficient (Wildman–Crippen LogP) is 3.33. The molecule has 4 bridgehead atoms. The fraction of sp³-hybridized carbons (Fsp3) is 0.484. The maximum Gasteiger partial charge on any atom is 0.405 e. The van der Waals surface area contributed by atoms with Crippen LogP contribution in [0.1, 0.15) is 39.2 Å². The first kappa shape index (κ1) is 32.1. The fourth-order valence-electron chi connectivity index (χ4n) is 5.58. The minimum atomic E-state index is -1.46. The van der Waals surface area contributed by atoms with Crippen LogP contribution in [0.4, 0.5) is 16.2 Å². The number of amides is 2. The Morgan fingerprint density at radius 1 is 1.19 bits per heavy atom. The van der Waals surface area contributed by atoms with Crippen LogP contribution in [-0.2, 0) is 23.7 Å². The van der Waals surface area contributed by atoms with Crippen LogP contribution in [0.5, 0.6) is 11.5 Å². The Balaban J connectivity index is 1.85. The van der Waals surface area contributed by atoms with Gasteiger partial charge in [0.2, 0.25) is 0 Å². The second-order valence-corrected chi connectivity index (χ2v) is 11.1. The number of aliphatic hydroxyl groups is 1. The summed E-state index contributed by atoms with van der Waals surface area (Å²) in [4.78, 5) is 26.9. The smallest absolute Gasteiger partial charge is 0.405 e. The first-order valence-corrected chi connectivity index (χ1v) is 14.2. The van der Waals surface area contributed by atoms with E-state index in [0.717, 1.165) is 25.1 Å². The van der Waals surface area contributed by atoms with Gasteiger partial charge < -0.3 is 50.2 Å². The number of aliphatic hydroxyl groups excluding tert-OH is 1. The standard InChI is InChI=1S/C31H41N3O9/c1-16-12-19-25(34-10-7-11-34)22(35)15-21(26(19)36)33-29(37)17(2)8-6-9-23(40-4)28(43-31(32)39)20-14-18(3)27(42-30(20)38)24(13-16)41-5/h6,8-9,12,14-15,18,23-24,27-28,30,35-36,38H,7,10-11,13H2,1-5H3,(H2,32,39)(H,33,37)/t18?,23-,24-,27-,28-,30?/m0/s1. The maximum absolute atomic E-state index is 13.1. The van der Waals surface area contributed by atoms with Gasteiger partial charge in [-0.25, -0.2) is 4.79 Å². The van der Waals surface area contributed by atoms with Gasteiger partial charge >= 0.3 is 6.09 Å². The molecule has 5 rings (SSSR count).